The summed E-state index contributed by atoms with van der Waals surface area (Å²) in [6.45, 7) is 2.93. The van der Waals surface area contributed by atoms with Crippen LogP contribution in [0.3, 0.4) is 0 Å². The Morgan fingerprint density at radius 2 is 2.00 bits per heavy atom. The van der Waals surface area contributed by atoms with E-state index in [9.17, 15) is 9.90 Å². The number of hydrogen-bond acceptors (Lipinski definition) is 4. The molecule has 0 fully saturated rings. The summed E-state index contributed by atoms with van der Waals surface area (Å²) in [6, 6.07) is 9.86. The number of rotatable bonds is 9. The van der Waals surface area contributed by atoms with Gasteiger partial charge in [-0.2, -0.15) is 4.98 Å². The van der Waals surface area contributed by atoms with Crippen molar-refractivity contribution < 1.29 is 19.4 Å². The maximum atomic E-state index is 11.6. The molecule has 0 atom stereocenters. The number of carbonyl (C=O) groups is 1. The van der Waals surface area contributed by atoms with E-state index >= 15 is 0 Å². The number of para-hydroxylation sites is 1. The Labute approximate surface area is 135 Å². The third-order valence-electron chi connectivity index (χ3n) is 3.44. The fraction of sp³-hybridized carbons (Fsp3) is 0.412. The van der Waals surface area contributed by atoms with E-state index in [1.807, 2.05) is 37.3 Å². The SMILES string of the molecule is CCOc1nc(C(=O)O)c(CCCCOC)n1-c1ccccc1. The molecule has 0 bridgehead atoms. The molecule has 2 rings (SSSR count). The summed E-state index contributed by atoms with van der Waals surface area (Å²) in [6.07, 6.45) is 2.28. The van der Waals surface area contributed by atoms with Gasteiger partial charge in [0.25, 0.3) is 0 Å². The van der Waals surface area contributed by atoms with Crippen molar-refractivity contribution in [2.45, 2.75) is 26.2 Å². The zero-order chi connectivity index (χ0) is 16.7. The van der Waals surface area contributed by atoms with Crippen LogP contribution in [0, 0.1) is 0 Å². The molecule has 6 nitrogen and oxygen atoms in total. The van der Waals surface area contributed by atoms with E-state index in [0.29, 0.717) is 31.3 Å². The molecule has 0 saturated carbocycles. The molecule has 124 valence electrons. The lowest BCUT2D eigenvalue weighted by Gasteiger charge is -2.12. The highest BCUT2D eigenvalue weighted by molar-refractivity contribution is 5.87. The topological polar surface area (TPSA) is 73.6 Å². The lowest BCUT2D eigenvalue weighted by atomic mass is 10.1. The van der Waals surface area contributed by atoms with Gasteiger partial charge in [-0.1, -0.05) is 18.2 Å². The Hall–Kier alpha value is -2.34. The van der Waals surface area contributed by atoms with E-state index in [-0.39, 0.29) is 5.69 Å². The van der Waals surface area contributed by atoms with Crippen LogP contribution in [0.2, 0.25) is 0 Å². The first-order valence-electron chi connectivity index (χ1n) is 7.71. The number of unbranched alkanes of at least 4 members (excludes halogenated alkanes) is 1. The maximum absolute atomic E-state index is 11.6. The molecule has 0 spiro atoms. The van der Waals surface area contributed by atoms with Crippen molar-refractivity contribution in [2.24, 2.45) is 0 Å². The number of benzene rings is 1. The lowest BCUT2D eigenvalue weighted by Crippen LogP contribution is -2.08. The van der Waals surface area contributed by atoms with E-state index in [1.165, 1.54) is 0 Å². The van der Waals surface area contributed by atoms with Crippen molar-refractivity contribution >= 4 is 5.97 Å². The van der Waals surface area contributed by atoms with Gasteiger partial charge in [0.1, 0.15) is 0 Å². The number of methoxy groups -OCH3 is 1. The van der Waals surface area contributed by atoms with Gasteiger partial charge in [0.2, 0.25) is 0 Å². The Balaban J connectivity index is 2.44. The lowest BCUT2D eigenvalue weighted by molar-refractivity contribution is 0.0689. The molecular formula is C17H22N2O4. The van der Waals surface area contributed by atoms with Crippen molar-refractivity contribution in [3.8, 4) is 11.7 Å². The van der Waals surface area contributed by atoms with E-state index in [1.54, 1.807) is 11.7 Å². The van der Waals surface area contributed by atoms with Gasteiger partial charge in [-0.25, -0.2) is 4.79 Å². The second-order valence-corrected chi connectivity index (χ2v) is 5.05. The van der Waals surface area contributed by atoms with Crippen LogP contribution in [0.1, 0.15) is 35.9 Å². The Bertz CT molecular complexity index is 638. The Kier molecular flexibility index (Phi) is 6.17. The number of aromatic nitrogens is 2. The zero-order valence-corrected chi connectivity index (χ0v) is 13.5. The third-order valence-corrected chi connectivity index (χ3v) is 3.44. The second-order valence-electron chi connectivity index (χ2n) is 5.05. The molecule has 0 saturated heterocycles. The van der Waals surface area contributed by atoms with Crippen LogP contribution in [-0.4, -0.2) is 41.0 Å². The van der Waals surface area contributed by atoms with E-state index in [4.69, 9.17) is 9.47 Å². The molecular weight excluding hydrogens is 296 g/mol. The summed E-state index contributed by atoms with van der Waals surface area (Å²) < 4.78 is 12.4. The first-order valence-corrected chi connectivity index (χ1v) is 7.71. The Morgan fingerprint density at radius 3 is 2.61 bits per heavy atom. The molecule has 0 amide bonds. The number of imidazole rings is 1. The number of carboxylic acid groups (broad SMARTS) is 1. The molecule has 1 aromatic heterocycles. The highest BCUT2D eigenvalue weighted by Crippen LogP contribution is 2.25. The summed E-state index contributed by atoms with van der Waals surface area (Å²) in [7, 11) is 1.66. The van der Waals surface area contributed by atoms with Gasteiger partial charge in [0.15, 0.2) is 5.69 Å². The molecule has 23 heavy (non-hydrogen) atoms. The predicted molar refractivity (Wildman–Crippen MR) is 86.5 cm³/mol. The summed E-state index contributed by atoms with van der Waals surface area (Å²) in [5.74, 6) is -1.04. The summed E-state index contributed by atoms with van der Waals surface area (Å²) in [5.41, 5.74) is 1.55. The number of hydrogen-bond donors (Lipinski definition) is 1. The molecule has 0 aliphatic rings. The normalized spacial score (nSPS) is 10.7. The minimum absolute atomic E-state index is 0.0507. The third kappa shape index (κ3) is 4.10. The first-order chi connectivity index (χ1) is 11.2. The van der Waals surface area contributed by atoms with Crippen LogP contribution >= 0.6 is 0 Å². The van der Waals surface area contributed by atoms with Crippen LogP contribution in [0.5, 0.6) is 6.01 Å². The van der Waals surface area contributed by atoms with Gasteiger partial charge in [-0.3, -0.25) is 4.57 Å². The maximum Gasteiger partial charge on any atom is 0.356 e. The number of aromatic carboxylic acids is 1. The van der Waals surface area contributed by atoms with Crippen molar-refractivity contribution in [1.82, 2.24) is 9.55 Å². The van der Waals surface area contributed by atoms with E-state index in [0.717, 1.165) is 18.5 Å². The number of carboxylic acids is 1. The molecule has 6 heteroatoms. The average Bonchev–Trinajstić information content (AvgIpc) is 2.91. The zero-order valence-electron chi connectivity index (χ0n) is 13.5. The molecule has 0 radical (unpaired) electrons. The molecule has 0 aliphatic carbocycles. The Morgan fingerprint density at radius 1 is 1.26 bits per heavy atom. The fourth-order valence-electron chi connectivity index (χ4n) is 2.44. The smallest absolute Gasteiger partial charge is 0.356 e. The standard InChI is InChI=1S/C17H22N2O4/c1-3-23-17-18-15(16(20)21)14(11-7-8-12-22-2)19(17)13-9-5-4-6-10-13/h4-6,9-10H,3,7-8,11-12H2,1-2H3,(H,20,21). The van der Waals surface area contributed by atoms with Crippen LogP contribution < -0.4 is 4.74 Å². The van der Waals surface area contributed by atoms with Crippen LogP contribution in [0.15, 0.2) is 30.3 Å². The molecule has 0 unspecified atom stereocenters. The first kappa shape index (κ1) is 17.0. The number of nitrogens with zero attached hydrogens (tertiary/aromatic N) is 2. The van der Waals surface area contributed by atoms with Crippen molar-refractivity contribution in [3.63, 3.8) is 0 Å². The van der Waals surface area contributed by atoms with Gasteiger partial charge in [0, 0.05) is 13.7 Å². The van der Waals surface area contributed by atoms with E-state index in [2.05, 4.69) is 4.98 Å². The van der Waals surface area contributed by atoms with Gasteiger partial charge in [-0.05, 0) is 38.3 Å². The summed E-state index contributed by atoms with van der Waals surface area (Å²) in [4.78, 5) is 15.7. The molecule has 1 aromatic carbocycles. The minimum Gasteiger partial charge on any atom is -0.476 e. The minimum atomic E-state index is -1.04. The van der Waals surface area contributed by atoms with Gasteiger partial charge >= 0.3 is 12.0 Å². The van der Waals surface area contributed by atoms with Crippen molar-refractivity contribution in [3.05, 3.63) is 41.7 Å². The van der Waals surface area contributed by atoms with E-state index < -0.39 is 5.97 Å². The van der Waals surface area contributed by atoms with Gasteiger partial charge < -0.3 is 14.6 Å². The van der Waals surface area contributed by atoms with Crippen LogP contribution in [-0.2, 0) is 11.2 Å². The number of ether oxygens (including phenoxy) is 2. The molecule has 1 heterocycles. The monoisotopic (exact) mass is 318 g/mol. The van der Waals surface area contributed by atoms with Gasteiger partial charge in [0.05, 0.1) is 18.0 Å². The summed E-state index contributed by atoms with van der Waals surface area (Å²) >= 11 is 0. The summed E-state index contributed by atoms with van der Waals surface area (Å²) in [5, 5.41) is 9.47. The quantitative estimate of drug-likeness (QED) is 0.720. The second kappa shape index (κ2) is 8.33. The molecule has 1 N–H and O–H groups in total. The average molecular weight is 318 g/mol. The van der Waals surface area contributed by atoms with Crippen LogP contribution in [0.25, 0.3) is 5.69 Å². The van der Waals surface area contributed by atoms with Gasteiger partial charge in [-0.15, -0.1) is 0 Å². The van der Waals surface area contributed by atoms with Crippen molar-refractivity contribution in [1.29, 1.82) is 0 Å². The predicted octanol–water partition coefficient (Wildman–Crippen LogP) is 2.94. The largest absolute Gasteiger partial charge is 0.476 e. The fourth-order valence-corrected chi connectivity index (χ4v) is 2.44. The highest BCUT2D eigenvalue weighted by atomic mass is 16.5. The van der Waals surface area contributed by atoms with Crippen molar-refractivity contribution in [2.75, 3.05) is 20.3 Å². The molecule has 2 aromatic rings. The highest BCUT2D eigenvalue weighted by Gasteiger charge is 2.23. The molecule has 0 aliphatic heterocycles. The van der Waals surface area contributed by atoms with Crippen LogP contribution in [0.4, 0.5) is 0 Å².